The molecule has 2 nitrogen and oxygen atoms in total. The van der Waals surface area contributed by atoms with E-state index in [4.69, 9.17) is 9.47 Å². The number of hydrogen-bond donors (Lipinski definition) is 0. The summed E-state index contributed by atoms with van der Waals surface area (Å²) in [4.78, 5) is 1.63. The van der Waals surface area contributed by atoms with Crippen LogP contribution in [0.15, 0.2) is 29.6 Å². The topological polar surface area (TPSA) is 18.5 Å². The molecule has 3 heterocycles. The normalized spacial score (nSPS) is 28.7. The second kappa shape index (κ2) is 8.72. The van der Waals surface area contributed by atoms with E-state index in [1.807, 2.05) is 23.5 Å². The molecule has 4 heteroatoms. The number of hydrogen-bond acceptors (Lipinski definition) is 3. The van der Waals surface area contributed by atoms with Crippen molar-refractivity contribution in [3.05, 3.63) is 57.0 Å². The number of fused-ring (bicyclic) bond motifs is 1. The molecule has 1 spiro atoms. The molecule has 0 N–H and O–H groups in total. The van der Waals surface area contributed by atoms with Crippen molar-refractivity contribution in [3.8, 4) is 0 Å². The Morgan fingerprint density at radius 3 is 2.70 bits per heavy atom. The van der Waals surface area contributed by atoms with Gasteiger partial charge in [-0.05, 0) is 92.0 Å². The van der Waals surface area contributed by atoms with E-state index in [0.29, 0.717) is 6.61 Å². The van der Waals surface area contributed by atoms with Gasteiger partial charge in [0, 0.05) is 29.9 Å². The van der Waals surface area contributed by atoms with Crippen LogP contribution in [0, 0.1) is 5.82 Å². The second-order valence-electron chi connectivity index (χ2n) is 9.62. The molecule has 2 aromatic rings. The van der Waals surface area contributed by atoms with Crippen LogP contribution in [-0.4, -0.2) is 25.4 Å². The molecule has 2 aliphatic heterocycles. The molecule has 1 aliphatic carbocycles. The largest absolute Gasteiger partial charge is 0.378 e. The van der Waals surface area contributed by atoms with Crippen LogP contribution in [0.3, 0.4) is 0 Å². The summed E-state index contributed by atoms with van der Waals surface area (Å²) >= 11 is 1.99. The number of benzene rings is 1. The molecule has 5 rings (SSSR count). The number of unbranched alkanes of at least 4 members (excludes halogenated alkanes) is 1. The number of aryl methyl sites for hydroxylation is 2. The molecular weight excluding hydrogens is 395 g/mol. The second-order valence-corrected chi connectivity index (χ2v) is 10.6. The average molecular weight is 429 g/mol. The summed E-state index contributed by atoms with van der Waals surface area (Å²) in [5.74, 6) is -0.151. The number of ether oxygens (including phenoxy) is 2. The Hall–Kier alpha value is -1.23. The first-order valence-corrected chi connectivity index (χ1v) is 12.6. The summed E-state index contributed by atoms with van der Waals surface area (Å²) in [7, 11) is 0. The van der Waals surface area contributed by atoms with Gasteiger partial charge in [-0.2, -0.15) is 0 Å². The first kappa shape index (κ1) is 20.7. The minimum absolute atomic E-state index is 0.0779. The van der Waals surface area contributed by atoms with Gasteiger partial charge in [0.2, 0.25) is 0 Å². The molecule has 3 aliphatic rings. The van der Waals surface area contributed by atoms with Gasteiger partial charge in [0.05, 0.1) is 12.2 Å². The van der Waals surface area contributed by atoms with E-state index in [1.54, 1.807) is 28.1 Å². The van der Waals surface area contributed by atoms with Crippen LogP contribution in [-0.2, 0) is 34.2 Å². The molecule has 0 amide bonds. The highest BCUT2D eigenvalue weighted by molar-refractivity contribution is 7.10. The summed E-state index contributed by atoms with van der Waals surface area (Å²) < 4.78 is 25.6. The Balaban J connectivity index is 1.29. The molecule has 2 fully saturated rings. The molecule has 30 heavy (non-hydrogen) atoms. The van der Waals surface area contributed by atoms with E-state index >= 15 is 0 Å². The third-order valence-corrected chi connectivity index (χ3v) is 8.81. The molecular formula is C26H33FO2S. The highest BCUT2D eigenvalue weighted by Gasteiger charge is 2.48. The van der Waals surface area contributed by atoms with E-state index in [-0.39, 0.29) is 16.8 Å². The predicted octanol–water partition coefficient (Wildman–Crippen LogP) is 6.39. The van der Waals surface area contributed by atoms with Crippen molar-refractivity contribution in [3.63, 3.8) is 0 Å². The van der Waals surface area contributed by atoms with Crippen molar-refractivity contribution in [2.75, 3.05) is 19.8 Å². The van der Waals surface area contributed by atoms with Gasteiger partial charge in [-0.1, -0.05) is 18.6 Å². The van der Waals surface area contributed by atoms with Crippen LogP contribution in [0.25, 0.3) is 0 Å². The van der Waals surface area contributed by atoms with Crippen molar-refractivity contribution in [1.29, 1.82) is 0 Å². The summed E-state index contributed by atoms with van der Waals surface area (Å²) in [5.41, 5.74) is 4.52. The smallest absolute Gasteiger partial charge is 0.123 e. The molecule has 0 unspecified atom stereocenters. The zero-order valence-electron chi connectivity index (χ0n) is 17.9. The van der Waals surface area contributed by atoms with Gasteiger partial charge in [0.15, 0.2) is 0 Å². The van der Waals surface area contributed by atoms with Crippen molar-refractivity contribution in [2.24, 2.45) is 0 Å². The quantitative estimate of drug-likeness (QED) is 0.497. The molecule has 2 atom stereocenters. The van der Waals surface area contributed by atoms with Gasteiger partial charge < -0.3 is 9.47 Å². The lowest BCUT2D eigenvalue weighted by molar-refractivity contribution is -0.108. The average Bonchev–Trinajstić information content (AvgIpc) is 3.39. The standard InChI is InChI=1S/C26H33FO2S/c27-22-10-8-21(9-11-22)25(13-16-29-26(18-25)14-15-28-19-26)12-4-3-7-24-23-6-2-1-5-20(23)17-30-24/h8-11,17H,1-7,12-16,18-19H2/t25-,26-/m1/s1. The number of thiophene rings is 1. The molecule has 1 aromatic carbocycles. The number of halogens is 1. The van der Waals surface area contributed by atoms with Gasteiger partial charge in [-0.25, -0.2) is 4.39 Å². The molecule has 1 aromatic heterocycles. The summed E-state index contributed by atoms with van der Waals surface area (Å²) in [6, 6.07) is 7.28. The molecule has 0 bridgehead atoms. The third kappa shape index (κ3) is 4.11. The van der Waals surface area contributed by atoms with E-state index in [2.05, 4.69) is 5.38 Å². The minimum atomic E-state index is -0.151. The fraction of sp³-hybridized carbons (Fsp3) is 0.615. The van der Waals surface area contributed by atoms with Crippen molar-refractivity contribution in [2.45, 2.75) is 81.6 Å². The Labute approximate surface area is 183 Å². The van der Waals surface area contributed by atoms with Gasteiger partial charge in [-0.3, -0.25) is 0 Å². The summed E-state index contributed by atoms with van der Waals surface area (Å²) in [6.07, 6.45) is 13.1. The highest BCUT2D eigenvalue weighted by Crippen LogP contribution is 2.48. The number of rotatable bonds is 6. The molecule has 0 saturated carbocycles. The van der Waals surface area contributed by atoms with Crippen molar-refractivity contribution >= 4 is 11.3 Å². The predicted molar refractivity (Wildman–Crippen MR) is 120 cm³/mol. The van der Waals surface area contributed by atoms with Crippen LogP contribution in [0.4, 0.5) is 4.39 Å². The van der Waals surface area contributed by atoms with Gasteiger partial charge in [0.25, 0.3) is 0 Å². The van der Waals surface area contributed by atoms with Crippen LogP contribution in [0.1, 0.15) is 72.9 Å². The Bertz CT molecular complexity index is 852. The SMILES string of the molecule is Fc1ccc([C@]2(CCCCc3scc4c3CCCC4)CCO[C@]3(CCOC3)C2)cc1. The van der Waals surface area contributed by atoms with Gasteiger partial charge >= 0.3 is 0 Å². The zero-order valence-corrected chi connectivity index (χ0v) is 18.7. The van der Waals surface area contributed by atoms with Crippen LogP contribution < -0.4 is 0 Å². The van der Waals surface area contributed by atoms with Crippen LogP contribution in [0.2, 0.25) is 0 Å². The van der Waals surface area contributed by atoms with Crippen molar-refractivity contribution in [1.82, 2.24) is 0 Å². The fourth-order valence-corrected chi connectivity index (χ4v) is 7.20. The third-order valence-electron chi connectivity index (χ3n) is 7.67. The van der Waals surface area contributed by atoms with E-state index in [0.717, 1.165) is 38.9 Å². The maximum atomic E-state index is 13.6. The Kier molecular flexibility index (Phi) is 6.01. The van der Waals surface area contributed by atoms with Gasteiger partial charge in [-0.15, -0.1) is 11.3 Å². The molecule has 2 saturated heterocycles. The first-order chi connectivity index (χ1) is 14.7. The van der Waals surface area contributed by atoms with Crippen molar-refractivity contribution < 1.29 is 13.9 Å². The molecule has 0 radical (unpaired) electrons. The highest BCUT2D eigenvalue weighted by atomic mass is 32.1. The fourth-order valence-electron chi connectivity index (χ4n) is 6.02. The maximum absolute atomic E-state index is 13.6. The lowest BCUT2D eigenvalue weighted by atomic mass is 9.65. The lowest BCUT2D eigenvalue weighted by Crippen LogP contribution is -2.48. The maximum Gasteiger partial charge on any atom is 0.123 e. The van der Waals surface area contributed by atoms with E-state index < -0.39 is 0 Å². The zero-order chi connectivity index (χ0) is 20.4. The van der Waals surface area contributed by atoms with Crippen LogP contribution in [0.5, 0.6) is 0 Å². The molecule has 162 valence electrons. The Morgan fingerprint density at radius 1 is 1.00 bits per heavy atom. The van der Waals surface area contributed by atoms with E-state index in [1.165, 1.54) is 50.5 Å². The first-order valence-electron chi connectivity index (χ1n) is 11.7. The summed E-state index contributed by atoms with van der Waals surface area (Å²) in [5, 5.41) is 2.41. The summed E-state index contributed by atoms with van der Waals surface area (Å²) in [6.45, 7) is 2.28. The van der Waals surface area contributed by atoms with E-state index in [9.17, 15) is 4.39 Å². The minimum Gasteiger partial charge on any atom is -0.378 e. The monoisotopic (exact) mass is 428 g/mol. The Morgan fingerprint density at radius 2 is 1.87 bits per heavy atom. The van der Waals surface area contributed by atoms with Gasteiger partial charge in [0.1, 0.15) is 5.82 Å². The van der Waals surface area contributed by atoms with Crippen LogP contribution >= 0.6 is 11.3 Å². The lowest BCUT2D eigenvalue weighted by Gasteiger charge is -2.46.